The Kier molecular flexibility index (Phi) is 3.81. The fourth-order valence-corrected chi connectivity index (χ4v) is 4.44. The van der Waals surface area contributed by atoms with Gasteiger partial charge >= 0.3 is 5.97 Å². The second-order valence-corrected chi connectivity index (χ2v) is 7.44. The largest absolute Gasteiger partial charge is 0.480 e. The van der Waals surface area contributed by atoms with E-state index in [0.29, 0.717) is 0 Å². The molecule has 0 aliphatic carbocycles. The van der Waals surface area contributed by atoms with Crippen molar-refractivity contribution >= 4 is 45.5 Å². The minimum atomic E-state index is -1.48. The zero-order chi connectivity index (χ0) is 15.3. The van der Waals surface area contributed by atoms with E-state index in [1.807, 2.05) is 0 Å². The smallest absolute Gasteiger partial charge is 0.327 e. The Bertz CT molecular complexity index is 485. The molecule has 0 bridgehead atoms. The summed E-state index contributed by atoms with van der Waals surface area (Å²) >= 11 is 4.32. The number of carboxylic acids is 1. The van der Waals surface area contributed by atoms with Gasteiger partial charge in [0.1, 0.15) is 11.4 Å². The number of fused-ring (bicyclic) bond motifs is 1. The number of carbonyl (C=O) groups is 3. The lowest BCUT2D eigenvalue weighted by Gasteiger charge is -2.51. The Morgan fingerprint density at radius 2 is 2.15 bits per heavy atom. The number of nitrogens with one attached hydrogen (secondary N) is 1. The van der Waals surface area contributed by atoms with Gasteiger partial charge in [0, 0.05) is 11.9 Å². The maximum absolute atomic E-state index is 12.3. The summed E-state index contributed by atoms with van der Waals surface area (Å²) in [6, 6.07) is -0.936. The number of carboxylic acid groups (broad SMARTS) is 1. The van der Waals surface area contributed by atoms with Crippen molar-refractivity contribution in [1.82, 2.24) is 10.2 Å². The second-order valence-electron chi connectivity index (χ2n) is 5.15. The van der Waals surface area contributed by atoms with E-state index < -0.39 is 39.7 Å². The van der Waals surface area contributed by atoms with Crippen LogP contribution in [0.1, 0.15) is 13.8 Å². The van der Waals surface area contributed by atoms with Gasteiger partial charge in [-0.2, -0.15) is 0 Å². The second kappa shape index (κ2) is 4.88. The summed E-state index contributed by atoms with van der Waals surface area (Å²) in [7, 11) is 1.32. The number of aliphatic carboxylic acids is 1. The topological polar surface area (TPSA) is 95.9 Å². The number of methoxy groups -OCH3 is 1. The molecule has 20 heavy (non-hydrogen) atoms. The van der Waals surface area contributed by atoms with Crippen molar-refractivity contribution in [2.45, 2.75) is 35.7 Å². The molecule has 2 heterocycles. The first-order valence-corrected chi connectivity index (χ1v) is 7.87. The number of ether oxygens (including phenoxy) is 1. The molecule has 112 valence electrons. The maximum atomic E-state index is 12.3. The van der Waals surface area contributed by atoms with E-state index in [1.165, 1.54) is 23.8 Å². The van der Waals surface area contributed by atoms with Gasteiger partial charge in [0.25, 0.3) is 11.6 Å². The van der Waals surface area contributed by atoms with Crippen LogP contribution in [0.2, 0.25) is 0 Å². The molecule has 0 aromatic heterocycles. The quantitative estimate of drug-likeness (QED) is 0.412. The maximum Gasteiger partial charge on any atom is 0.327 e. The first-order valence-electron chi connectivity index (χ1n) is 5.87. The molecule has 2 saturated heterocycles. The molecule has 2 aliphatic heterocycles. The van der Waals surface area contributed by atoms with Gasteiger partial charge in [-0.1, -0.05) is 15.9 Å². The number of alkyl halides is 1. The molecule has 2 amide bonds. The van der Waals surface area contributed by atoms with Crippen molar-refractivity contribution in [3.05, 3.63) is 0 Å². The highest BCUT2D eigenvalue weighted by atomic mass is 79.9. The number of thioether (sulfide) groups is 1. The van der Waals surface area contributed by atoms with Crippen LogP contribution in [-0.4, -0.2) is 62.1 Å². The van der Waals surface area contributed by atoms with Crippen LogP contribution in [0.4, 0.5) is 0 Å². The molecule has 0 radical (unpaired) electrons. The van der Waals surface area contributed by atoms with Crippen LogP contribution in [0.5, 0.6) is 0 Å². The van der Waals surface area contributed by atoms with Crippen LogP contribution >= 0.6 is 27.7 Å². The Hall–Kier alpha value is -0.800. The van der Waals surface area contributed by atoms with Crippen molar-refractivity contribution in [3.8, 4) is 0 Å². The van der Waals surface area contributed by atoms with Crippen molar-refractivity contribution in [1.29, 1.82) is 0 Å². The fourth-order valence-electron chi connectivity index (χ4n) is 2.62. The molecule has 0 spiro atoms. The number of hydrogen-bond acceptors (Lipinski definition) is 5. The summed E-state index contributed by atoms with van der Waals surface area (Å²) < 4.78 is 4.57. The van der Waals surface area contributed by atoms with Crippen molar-refractivity contribution in [3.63, 3.8) is 0 Å². The minimum absolute atomic E-state index is 0.0362. The summed E-state index contributed by atoms with van der Waals surface area (Å²) in [5, 5.41) is 11.3. The third kappa shape index (κ3) is 1.94. The summed E-state index contributed by atoms with van der Waals surface area (Å²) in [6.45, 7) is 3.52. The van der Waals surface area contributed by atoms with E-state index in [1.54, 1.807) is 13.8 Å². The van der Waals surface area contributed by atoms with E-state index in [-0.39, 0.29) is 5.33 Å². The molecule has 7 nitrogen and oxygen atoms in total. The first-order chi connectivity index (χ1) is 9.21. The standard InChI is InChI=1S/C11H15BrN2O5S/c1-10(2)6(7(16)17)14-8(18)11(19-3,9(14)20-10)13-5(15)4-12/h6,9H,4H2,1-3H3,(H,13,15)(H,16,17)/t6-,9+,11+/m0/s1. The van der Waals surface area contributed by atoms with Gasteiger partial charge in [0.2, 0.25) is 5.91 Å². The Balaban J connectivity index is 2.33. The monoisotopic (exact) mass is 366 g/mol. The van der Waals surface area contributed by atoms with Crippen molar-refractivity contribution < 1.29 is 24.2 Å². The lowest BCUT2D eigenvalue weighted by atomic mass is 9.93. The number of β-lactam (4-membered cyclic amide) rings is 1. The summed E-state index contributed by atoms with van der Waals surface area (Å²) in [4.78, 5) is 36.6. The molecule has 9 heteroatoms. The molecule has 3 atom stereocenters. The van der Waals surface area contributed by atoms with Crippen LogP contribution < -0.4 is 5.32 Å². The molecule has 0 saturated carbocycles. The number of halogens is 1. The molecule has 0 aromatic rings. The number of rotatable bonds is 4. The zero-order valence-corrected chi connectivity index (χ0v) is 13.6. The highest BCUT2D eigenvalue weighted by molar-refractivity contribution is 9.09. The molecule has 2 aliphatic rings. The van der Waals surface area contributed by atoms with E-state index in [0.717, 1.165) is 0 Å². The van der Waals surface area contributed by atoms with Gasteiger partial charge in [-0.05, 0) is 13.8 Å². The minimum Gasteiger partial charge on any atom is -0.480 e. The predicted octanol–water partition coefficient (Wildman–Crippen LogP) is -0.0129. The van der Waals surface area contributed by atoms with Gasteiger partial charge in [-0.15, -0.1) is 11.8 Å². The number of hydrogen-bond donors (Lipinski definition) is 2. The average Bonchev–Trinajstić information content (AvgIpc) is 2.65. The molecule has 2 rings (SSSR count). The van der Waals surface area contributed by atoms with E-state index >= 15 is 0 Å². The van der Waals surface area contributed by atoms with Gasteiger partial charge in [0.05, 0.1) is 5.33 Å². The molecule has 2 N–H and O–H groups in total. The van der Waals surface area contributed by atoms with Crippen LogP contribution in [0.25, 0.3) is 0 Å². The predicted molar refractivity (Wildman–Crippen MR) is 75.4 cm³/mol. The average molecular weight is 367 g/mol. The fraction of sp³-hybridized carbons (Fsp3) is 0.727. The van der Waals surface area contributed by atoms with Crippen molar-refractivity contribution in [2.24, 2.45) is 0 Å². The highest BCUT2D eigenvalue weighted by Crippen LogP contribution is 2.54. The lowest BCUT2D eigenvalue weighted by Crippen LogP contribution is -2.80. The van der Waals surface area contributed by atoms with Crippen LogP contribution in [0.15, 0.2) is 0 Å². The van der Waals surface area contributed by atoms with Gasteiger partial charge in [-0.25, -0.2) is 4.79 Å². The summed E-state index contributed by atoms with van der Waals surface area (Å²) in [6.07, 6.45) is 0. The van der Waals surface area contributed by atoms with Crippen molar-refractivity contribution in [2.75, 3.05) is 12.4 Å². The molecule has 2 fully saturated rings. The molecule has 0 aromatic carbocycles. The van der Waals surface area contributed by atoms with Gasteiger partial charge < -0.3 is 20.1 Å². The summed E-state index contributed by atoms with van der Waals surface area (Å²) in [5.74, 6) is -1.98. The zero-order valence-electron chi connectivity index (χ0n) is 11.2. The van der Waals surface area contributed by atoms with Crippen LogP contribution in [0, 0.1) is 0 Å². The Labute approximate surface area is 128 Å². The van der Waals surface area contributed by atoms with Crippen LogP contribution in [0.3, 0.4) is 0 Å². The van der Waals surface area contributed by atoms with Gasteiger partial charge in [-0.3, -0.25) is 9.59 Å². The van der Waals surface area contributed by atoms with Gasteiger partial charge in [0.15, 0.2) is 0 Å². The Morgan fingerprint density at radius 3 is 2.60 bits per heavy atom. The third-order valence-corrected chi connectivity index (χ3v) is 5.63. The normalized spacial score (nSPS) is 34.4. The molecular weight excluding hydrogens is 352 g/mol. The van der Waals surface area contributed by atoms with Crippen LogP contribution in [-0.2, 0) is 19.1 Å². The number of nitrogens with zero attached hydrogens (tertiary/aromatic N) is 1. The summed E-state index contributed by atoms with van der Waals surface area (Å²) in [5.41, 5.74) is -1.48. The van der Waals surface area contributed by atoms with E-state index in [9.17, 15) is 19.5 Å². The number of amides is 2. The molecular formula is C11H15BrN2O5S. The van der Waals surface area contributed by atoms with E-state index in [2.05, 4.69) is 21.2 Å². The molecule has 0 unspecified atom stereocenters. The van der Waals surface area contributed by atoms with E-state index in [4.69, 9.17) is 4.74 Å². The first kappa shape index (κ1) is 15.6. The highest BCUT2D eigenvalue weighted by Gasteiger charge is 2.73. The number of carbonyl (C=O) groups excluding carboxylic acids is 2. The SMILES string of the molecule is CO[C@]1(NC(=O)CBr)C(=O)N2[C@@H](C(=O)O)C(C)(C)S[C@@H]21. The third-order valence-electron chi connectivity index (χ3n) is 3.51. The lowest BCUT2D eigenvalue weighted by molar-refractivity contribution is -0.200. The Morgan fingerprint density at radius 1 is 1.55 bits per heavy atom.